The van der Waals surface area contributed by atoms with E-state index >= 15 is 0 Å². The minimum Gasteiger partial charge on any atom is -0.480 e. The quantitative estimate of drug-likeness (QED) is 0.162. The van der Waals surface area contributed by atoms with E-state index in [9.17, 15) is 29.4 Å². The Morgan fingerprint density at radius 2 is 1.64 bits per heavy atom. The summed E-state index contributed by atoms with van der Waals surface area (Å²) in [4.78, 5) is 49.3. The molecule has 0 heterocycles. The van der Waals surface area contributed by atoms with E-state index in [1.807, 2.05) is 6.26 Å². The van der Waals surface area contributed by atoms with Crippen molar-refractivity contribution in [3.05, 3.63) is 35.9 Å². The third-order valence-electron chi connectivity index (χ3n) is 4.75. The first-order valence-corrected chi connectivity index (χ1v) is 12.3. The highest BCUT2D eigenvalue weighted by molar-refractivity contribution is 7.98. The van der Waals surface area contributed by atoms with Gasteiger partial charge in [-0.25, -0.2) is 4.79 Å². The van der Waals surface area contributed by atoms with E-state index in [1.54, 1.807) is 30.3 Å². The zero-order valence-electron chi connectivity index (χ0n) is 18.6. The normalized spacial score (nSPS) is 15.4. The second kappa shape index (κ2) is 14.8. The number of carbonyl (C=O) groups excluding carboxylic acids is 3. The van der Waals surface area contributed by atoms with Crippen molar-refractivity contribution in [2.45, 2.75) is 50.0 Å². The number of benzene rings is 1. The number of rotatable bonds is 14. The summed E-state index contributed by atoms with van der Waals surface area (Å²) in [7, 11) is 0. The minimum absolute atomic E-state index is 0.0606. The van der Waals surface area contributed by atoms with Gasteiger partial charge < -0.3 is 31.9 Å². The van der Waals surface area contributed by atoms with Crippen molar-refractivity contribution in [2.75, 3.05) is 17.8 Å². The average Bonchev–Trinajstić information content (AvgIpc) is 2.78. The molecule has 1 aromatic rings. The predicted molar refractivity (Wildman–Crippen MR) is 130 cm³/mol. The Morgan fingerprint density at radius 3 is 2.15 bits per heavy atom. The van der Waals surface area contributed by atoms with E-state index in [0.29, 0.717) is 17.7 Å². The Bertz CT molecular complexity index is 796. The molecule has 0 radical (unpaired) electrons. The zero-order valence-corrected chi connectivity index (χ0v) is 20.3. The molecule has 0 aromatic heterocycles. The molecule has 5 unspecified atom stereocenters. The van der Waals surface area contributed by atoms with Gasteiger partial charge in [-0.05, 0) is 30.9 Å². The van der Waals surface area contributed by atoms with E-state index in [0.717, 1.165) is 0 Å². The molecule has 1 rings (SSSR count). The summed E-state index contributed by atoms with van der Waals surface area (Å²) in [5.74, 6) is -2.90. The van der Waals surface area contributed by atoms with Crippen LogP contribution in [0.15, 0.2) is 30.3 Å². The molecule has 7 N–H and O–H groups in total. The van der Waals surface area contributed by atoms with Crippen LogP contribution in [0.1, 0.15) is 18.9 Å². The van der Waals surface area contributed by atoms with Crippen LogP contribution in [0, 0.1) is 0 Å². The number of nitrogens with two attached hydrogens (primary N) is 1. The van der Waals surface area contributed by atoms with Crippen molar-refractivity contribution in [3.63, 3.8) is 0 Å². The van der Waals surface area contributed by atoms with Gasteiger partial charge in [-0.15, -0.1) is 0 Å². The number of hydrogen-bond donors (Lipinski definition) is 7. The molecule has 0 aliphatic rings. The minimum atomic E-state index is -1.36. The molecule has 1 aromatic carbocycles. The standard InChI is InChI=1S/C21H32N4O6S2/c1-12(26)17(25-18(27)14(22)8-9-33-2)20(29)23-15(10-13-6-4-3-5-7-13)19(28)24-16(11-32)21(30)31/h3-7,12,14-17,26,32H,8-11,22H2,1-2H3,(H,23,29)(H,24,28)(H,25,27)(H,30,31). The van der Waals surface area contributed by atoms with E-state index in [2.05, 4.69) is 28.6 Å². The van der Waals surface area contributed by atoms with Crippen LogP contribution in [0.25, 0.3) is 0 Å². The lowest BCUT2D eigenvalue weighted by molar-refractivity contribution is -0.141. The molecule has 12 heteroatoms. The highest BCUT2D eigenvalue weighted by Gasteiger charge is 2.32. The summed E-state index contributed by atoms with van der Waals surface area (Å²) in [6, 6.07) is 4.17. The first kappa shape index (κ1) is 28.8. The summed E-state index contributed by atoms with van der Waals surface area (Å²) >= 11 is 5.45. The summed E-state index contributed by atoms with van der Waals surface area (Å²) in [5, 5.41) is 26.6. The molecule has 0 fully saturated rings. The van der Waals surface area contributed by atoms with Crippen molar-refractivity contribution in [2.24, 2.45) is 5.73 Å². The number of hydrogen-bond acceptors (Lipinski definition) is 8. The van der Waals surface area contributed by atoms with Gasteiger partial charge in [-0.1, -0.05) is 30.3 Å². The van der Waals surface area contributed by atoms with Gasteiger partial charge in [0.2, 0.25) is 17.7 Å². The molecule has 0 bridgehead atoms. The average molecular weight is 501 g/mol. The number of nitrogens with one attached hydrogen (secondary N) is 3. The highest BCUT2D eigenvalue weighted by atomic mass is 32.2. The van der Waals surface area contributed by atoms with Gasteiger partial charge in [0.15, 0.2) is 0 Å². The maximum absolute atomic E-state index is 12.9. The molecule has 0 saturated heterocycles. The second-order valence-electron chi connectivity index (χ2n) is 7.45. The lowest BCUT2D eigenvalue weighted by Crippen LogP contribution is -2.60. The van der Waals surface area contributed by atoms with Crippen molar-refractivity contribution in [3.8, 4) is 0 Å². The lowest BCUT2D eigenvalue weighted by Gasteiger charge is -2.26. The third-order valence-corrected chi connectivity index (χ3v) is 5.75. The molecule has 0 aliphatic heterocycles. The van der Waals surface area contributed by atoms with Crippen molar-refractivity contribution in [1.29, 1.82) is 0 Å². The maximum atomic E-state index is 12.9. The van der Waals surface area contributed by atoms with Gasteiger partial charge in [0, 0.05) is 12.2 Å². The molecule has 33 heavy (non-hydrogen) atoms. The summed E-state index contributed by atoms with van der Waals surface area (Å²) in [6.07, 6.45) is 1.05. The molecular formula is C21H32N4O6S2. The molecule has 5 atom stereocenters. The molecule has 0 aliphatic carbocycles. The number of carboxylic acid groups (broad SMARTS) is 1. The van der Waals surface area contributed by atoms with Crippen molar-refractivity contribution in [1.82, 2.24) is 16.0 Å². The van der Waals surface area contributed by atoms with Gasteiger partial charge in [0.1, 0.15) is 18.1 Å². The first-order chi connectivity index (χ1) is 15.6. The molecule has 3 amide bonds. The van der Waals surface area contributed by atoms with E-state index in [1.165, 1.54) is 18.7 Å². The van der Waals surface area contributed by atoms with Gasteiger partial charge in [-0.2, -0.15) is 24.4 Å². The highest BCUT2D eigenvalue weighted by Crippen LogP contribution is 2.06. The van der Waals surface area contributed by atoms with Gasteiger partial charge in [0.25, 0.3) is 0 Å². The molecule has 10 nitrogen and oxygen atoms in total. The van der Waals surface area contributed by atoms with Crippen LogP contribution in [0.3, 0.4) is 0 Å². The largest absolute Gasteiger partial charge is 0.480 e. The molecule has 0 saturated carbocycles. The van der Waals surface area contributed by atoms with Crippen LogP contribution < -0.4 is 21.7 Å². The summed E-state index contributed by atoms with van der Waals surface area (Å²) in [5.41, 5.74) is 6.55. The smallest absolute Gasteiger partial charge is 0.327 e. The molecule has 184 valence electrons. The van der Waals surface area contributed by atoms with E-state index in [4.69, 9.17) is 5.73 Å². The number of amides is 3. The number of aliphatic hydroxyl groups excluding tert-OH is 1. The topological polar surface area (TPSA) is 171 Å². The second-order valence-corrected chi connectivity index (χ2v) is 8.80. The summed E-state index contributed by atoms with van der Waals surface area (Å²) in [6.45, 7) is 1.32. The maximum Gasteiger partial charge on any atom is 0.327 e. The fourth-order valence-corrected chi connectivity index (χ4v) is 3.56. The first-order valence-electron chi connectivity index (χ1n) is 10.3. The SMILES string of the molecule is CSCCC(N)C(=O)NC(C(=O)NC(Cc1ccccc1)C(=O)NC(CS)C(=O)O)C(C)O. The van der Waals surface area contributed by atoms with E-state index < -0.39 is 54.0 Å². The van der Waals surface area contributed by atoms with Crippen LogP contribution >= 0.6 is 24.4 Å². The fourth-order valence-electron chi connectivity index (χ4n) is 2.82. The van der Waals surface area contributed by atoms with E-state index in [-0.39, 0.29) is 12.2 Å². The van der Waals surface area contributed by atoms with Crippen LogP contribution in [0.2, 0.25) is 0 Å². The van der Waals surface area contributed by atoms with Crippen molar-refractivity contribution >= 4 is 48.1 Å². The van der Waals surface area contributed by atoms with Crippen LogP contribution in [-0.2, 0) is 25.6 Å². The number of aliphatic carboxylic acids is 1. The van der Waals surface area contributed by atoms with Gasteiger partial charge in [-0.3, -0.25) is 14.4 Å². The lowest BCUT2D eigenvalue weighted by atomic mass is 10.0. The van der Waals surface area contributed by atoms with Crippen LogP contribution in [-0.4, -0.2) is 81.9 Å². The monoisotopic (exact) mass is 500 g/mol. The number of aliphatic hydroxyl groups is 1. The Balaban J connectivity index is 3.01. The Kier molecular flexibility index (Phi) is 12.9. The Morgan fingerprint density at radius 1 is 1.03 bits per heavy atom. The summed E-state index contributed by atoms with van der Waals surface area (Å²) < 4.78 is 0. The van der Waals surface area contributed by atoms with Gasteiger partial charge >= 0.3 is 5.97 Å². The third kappa shape index (κ3) is 10.0. The van der Waals surface area contributed by atoms with Crippen molar-refractivity contribution < 1.29 is 29.4 Å². The van der Waals surface area contributed by atoms with Gasteiger partial charge in [0.05, 0.1) is 12.1 Å². The number of carbonyl (C=O) groups is 4. The molecular weight excluding hydrogens is 468 g/mol. The molecule has 0 spiro atoms. The number of carboxylic acids is 1. The Labute approximate surface area is 202 Å². The zero-order chi connectivity index (χ0) is 25.0. The van der Waals surface area contributed by atoms with Crippen LogP contribution in [0.5, 0.6) is 0 Å². The number of thiol groups is 1. The van der Waals surface area contributed by atoms with Crippen LogP contribution in [0.4, 0.5) is 0 Å². The predicted octanol–water partition coefficient (Wildman–Crippen LogP) is -0.841. The Hall–Kier alpha value is -2.28. The number of thioether (sulfide) groups is 1. The fraction of sp³-hybridized carbons (Fsp3) is 0.524.